The molecule has 0 bridgehead atoms. The minimum absolute atomic E-state index is 0.317. The van der Waals surface area contributed by atoms with Crippen LogP contribution in [0.15, 0.2) is 53.7 Å². The van der Waals surface area contributed by atoms with E-state index in [1.807, 2.05) is 48.1 Å². The summed E-state index contributed by atoms with van der Waals surface area (Å²) in [5, 5.41) is 0. The molecule has 2 aromatic rings. The van der Waals surface area contributed by atoms with Crippen LogP contribution < -0.4 is 4.72 Å². The monoisotopic (exact) mass is 278 g/mol. The molecule has 1 aromatic carbocycles. The van der Waals surface area contributed by atoms with Crippen LogP contribution in [0.25, 0.3) is 0 Å². The molecule has 2 rings (SSSR count). The van der Waals surface area contributed by atoms with Crippen molar-refractivity contribution in [1.29, 1.82) is 0 Å². The molecule has 1 aromatic heterocycles. The maximum atomic E-state index is 12.0. The lowest BCUT2D eigenvalue weighted by Crippen LogP contribution is -2.27. The number of rotatable bonds is 6. The Labute approximate surface area is 114 Å². The van der Waals surface area contributed by atoms with Crippen LogP contribution in [-0.2, 0) is 23.0 Å². The third-order valence-corrected chi connectivity index (χ3v) is 4.45. The number of hydrogen-bond donors (Lipinski definition) is 1. The summed E-state index contributed by atoms with van der Waals surface area (Å²) in [5.74, 6) is 0. The van der Waals surface area contributed by atoms with Crippen LogP contribution in [0.2, 0.25) is 0 Å². The Morgan fingerprint density at radius 2 is 1.74 bits per heavy atom. The van der Waals surface area contributed by atoms with E-state index in [0.717, 1.165) is 12.0 Å². The molecular weight excluding hydrogens is 260 g/mol. The second-order valence-electron chi connectivity index (χ2n) is 4.32. The molecule has 0 aliphatic rings. The molecule has 1 N–H and O–H groups in total. The molecule has 4 nitrogen and oxygen atoms in total. The van der Waals surface area contributed by atoms with Gasteiger partial charge in [-0.15, -0.1) is 0 Å². The van der Waals surface area contributed by atoms with Gasteiger partial charge < -0.3 is 4.57 Å². The van der Waals surface area contributed by atoms with E-state index < -0.39 is 10.0 Å². The molecule has 0 spiro atoms. The maximum absolute atomic E-state index is 12.0. The number of nitrogens with one attached hydrogen (secondary N) is 1. The van der Waals surface area contributed by atoms with Crippen molar-refractivity contribution in [3.63, 3.8) is 0 Å². The average Bonchev–Trinajstić information content (AvgIpc) is 2.92. The Morgan fingerprint density at radius 3 is 2.32 bits per heavy atom. The van der Waals surface area contributed by atoms with Crippen LogP contribution >= 0.6 is 0 Å². The fraction of sp³-hybridized carbons (Fsp3) is 0.286. The van der Waals surface area contributed by atoms with Crippen molar-refractivity contribution in [2.75, 3.05) is 6.54 Å². The van der Waals surface area contributed by atoms with E-state index in [2.05, 4.69) is 4.72 Å². The van der Waals surface area contributed by atoms with Gasteiger partial charge in [0.05, 0.1) is 4.90 Å². The van der Waals surface area contributed by atoms with Crippen molar-refractivity contribution >= 4 is 10.0 Å². The number of sulfonamides is 1. The van der Waals surface area contributed by atoms with Crippen LogP contribution in [0.1, 0.15) is 12.5 Å². The molecule has 0 aliphatic carbocycles. The fourth-order valence-electron chi connectivity index (χ4n) is 1.82. The highest BCUT2D eigenvalue weighted by molar-refractivity contribution is 7.89. The molecule has 19 heavy (non-hydrogen) atoms. The Kier molecular flexibility index (Phi) is 4.39. The van der Waals surface area contributed by atoms with E-state index in [9.17, 15) is 8.42 Å². The summed E-state index contributed by atoms with van der Waals surface area (Å²) in [4.78, 5) is 0.317. The van der Waals surface area contributed by atoms with Crippen molar-refractivity contribution in [2.45, 2.75) is 24.8 Å². The minimum Gasteiger partial charge on any atom is -0.353 e. The van der Waals surface area contributed by atoms with Crippen molar-refractivity contribution in [3.05, 3.63) is 54.4 Å². The predicted octanol–water partition coefficient (Wildman–Crippen LogP) is 2.03. The zero-order chi connectivity index (χ0) is 13.7. The van der Waals surface area contributed by atoms with Gasteiger partial charge in [-0.3, -0.25) is 0 Å². The molecule has 0 unspecified atom stereocenters. The van der Waals surface area contributed by atoms with Crippen LogP contribution in [0, 0.1) is 0 Å². The van der Waals surface area contributed by atoms with E-state index >= 15 is 0 Å². The van der Waals surface area contributed by atoms with Gasteiger partial charge in [0.15, 0.2) is 0 Å². The van der Waals surface area contributed by atoms with Gasteiger partial charge in [-0.25, -0.2) is 13.1 Å². The summed E-state index contributed by atoms with van der Waals surface area (Å²) in [6.07, 6.45) is 4.72. The summed E-state index contributed by atoms with van der Waals surface area (Å²) in [6, 6.07) is 10.8. The lowest BCUT2D eigenvalue weighted by atomic mass is 10.2. The molecule has 5 heteroatoms. The first-order valence-electron chi connectivity index (χ1n) is 6.31. The van der Waals surface area contributed by atoms with Gasteiger partial charge in [-0.05, 0) is 36.2 Å². The summed E-state index contributed by atoms with van der Waals surface area (Å²) >= 11 is 0. The molecule has 0 fully saturated rings. The van der Waals surface area contributed by atoms with Crippen molar-refractivity contribution in [2.24, 2.45) is 0 Å². The molecule has 0 atom stereocenters. The summed E-state index contributed by atoms with van der Waals surface area (Å²) < 4.78 is 28.6. The van der Waals surface area contributed by atoms with Crippen LogP contribution in [0.5, 0.6) is 0 Å². The van der Waals surface area contributed by atoms with Crippen LogP contribution in [0.4, 0.5) is 0 Å². The molecule has 102 valence electrons. The van der Waals surface area contributed by atoms with Gasteiger partial charge in [0.2, 0.25) is 10.0 Å². The highest BCUT2D eigenvalue weighted by atomic mass is 32.2. The van der Waals surface area contributed by atoms with Crippen LogP contribution in [0.3, 0.4) is 0 Å². The molecule has 0 radical (unpaired) electrons. The van der Waals surface area contributed by atoms with Gasteiger partial charge in [0.25, 0.3) is 0 Å². The third kappa shape index (κ3) is 3.68. The smallest absolute Gasteiger partial charge is 0.240 e. The predicted molar refractivity (Wildman–Crippen MR) is 75.4 cm³/mol. The van der Waals surface area contributed by atoms with Gasteiger partial charge in [-0.1, -0.05) is 19.1 Å². The zero-order valence-electron chi connectivity index (χ0n) is 10.9. The molecular formula is C14H18N2O2S. The van der Waals surface area contributed by atoms with Gasteiger partial charge >= 0.3 is 0 Å². The zero-order valence-corrected chi connectivity index (χ0v) is 11.7. The average molecular weight is 278 g/mol. The van der Waals surface area contributed by atoms with Crippen molar-refractivity contribution in [1.82, 2.24) is 9.29 Å². The lowest BCUT2D eigenvalue weighted by molar-refractivity contribution is 0.573. The van der Waals surface area contributed by atoms with Crippen molar-refractivity contribution < 1.29 is 8.42 Å². The topological polar surface area (TPSA) is 51.1 Å². The SMILES string of the molecule is CCc1ccc(S(=O)(=O)NCCn2cccc2)cc1. The molecule has 0 saturated carbocycles. The van der Waals surface area contributed by atoms with E-state index in [-0.39, 0.29) is 0 Å². The number of benzene rings is 1. The first kappa shape index (κ1) is 13.8. The Morgan fingerprint density at radius 1 is 1.11 bits per heavy atom. The van der Waals surface area contributed by atoms with Crippen LogP contribution in [-0.4, -0.2) is 19.5 Å². The molecule has 0 amide bonds. The normalized spacial score (nSPS) is 11.6. The first-order valence-corrected chi connectivity index (χ1v) is 7.79. The molecule has 0 aliphatic heterocycles. The summed E-state index contributed by atoms with van der Waals surface area (Å²) in [6.45, 7) is 3.05. The first-order chi connectivity index (χ1) is 9.12. The summed E-state index contributed by atoms with van der Waals surface area (Å²) in [5.41, 5.74) is 1.13. The molecule has 1 heterocycles. The number of aryl methyl sites for hydroxylation is 1. The Balaban J connectivity index is 1.97. The van der Waals surface area contributed by atoms with E-state index in [1.54, 1.807) is 12.1 Å². The highest BCUT2D eigenvalue weighted by Gasteiger charge is 2.12. The van der Waals surface area contributed by atoms with E-state index in [0.29, 0.717) is 18.0 Å². The standard InChI is InChI=1S/C14H18N2O2S/c1-2-13-5-7-14(8-6-13)19(17,18)15-9-12-16-10-3-4-11-16/h3-8,10-11,15H,2,9,12H2,1H3. The lowest BCUT2D eigenvalue weighted by Gasteiger charge is -2.08. The van der Waals surface area contributed by atoms with Gasteiger partial charge in [0.1, 0.15) is 0 Å². The van der Waals surface area contributed by atoms with Gasteiger partial charge in [0, 0.05) is 25.5 Å². The Bertz CT molecular complexity index is 601. The largest absolute Gasteiger partial charge is 0.353 e. The number of nitrogens with zero attached hydrogens (tertiary/aromatic N) is 1. The fourth-order valence-corrected chi connectivity index (χ4v) is 2.84. The van der Waals surface area contributed by atoms with E-state index in [1.165, 1.54) is 0 Å². The van der Waals surface area contributed by atoms with Crippen molar-refractivity contribution in [3.8, 4) is 0 Å². The Hall–Kier alpha value is -1.59. The summed E-state index contributed by atoms with van der Waals surface area (Å²) in [7, 11) is -3.40. The molecule has 0 saturated heterocycles. The quantitative estimate of drug-likeness (QED) is 0.879. The number of hydrogen-bond acceptors (Lipinski definition) is 2. The second-order valence-corrected chi connectivity index (χ2v) is 6.08. The minimum atomic E-state index is -3.40. The third-order valence-electron chi connectivity index (χ3n) is 2.97. The second kappa shape index (κ2) is 6.04. The maximum Gasteiger partial charge on any atom is 0.240 e. The highest BCUT2D eigenvalue weighted by Crippen LogP contribution is 2.10. The van der Waals surface area contributed by atoms with E-state index in [4.69, 9.17) is 0 Å². The number of aromatic nitrogens is 1. The van der Waals surface area contributed by atoms with Gasteiger partial charge in [-0.2, -0.15) is 0 Å².